The van der Waals surface area contributed by atoms with E-state index in [1.165, 1.54) is 24.3 Å². The predicted octanol–water partition coefficient (Wildman–Crippen LogP) is 5.54. The first-order valence-electron chi connectivity index (χ1n) is 9.33. The van der Waals surface area contributed by atoms with E-state index in [1.54, 1.807) is 30.3 Å². The largest absolute Gasteiger partial charge is 0.332 e. The van der Waals surface area contributed by atoms with Crippen molar-refractivity contribution in [3.05, 3.63) is 87.4 Å². The number of amides is 1. The fourth-order valence-corrected chi connectivity index (χ4v) is 4.50. The molecule has 0 heterocycles. The average Bonchev–Trinajstić information content (AvgIpc) is 2.70. The molecule has 3 aromatic carbocycles. The van der Waals surface area contributed by atoms with Gasteiger partial charge in [-0.05, 0) is 91.8 Å². The van der Waals surface area contributed by atoms with Crippen molar-refractivity contribution in [1.82, 2.24) is 5.32 Å². The average molecular weight is 508 g/mol. The molecular formula is C22H19Cl2N3O3S2. The van der Waals surface area contributed by atoms with E-state index >= 15 is 0 Å². The van der Waals surface area contributed by atoms with Gasteiger partial charge in [0.15, 0.2) is 5.11 Å². The van der Waals surface area contributed by atoms with Crippen LogP contribution in [0.5, 0.6) is 0 Å². The number of sulfonamides is 1. The van der Waals surface area contributed by atoms with Crippen LogP contribution in [0.15, 0.2) is 65.6 Å². The molecule has 0 aliphatic rings. The molecule has 166 valence electrons. The number of nitrogens with one attached hydrogen (secondary N) is 3. The summed E-state index contributed by atoms with van der Waals surface area (Å²) in [4.78, 5) is 12.4. The summed E-state index contributed by atoms with van der Waals surface area (Å²) in [7, 11) is -3.76. The molecule has 6 nitrogen and oxygen atoms in total. The first-order valence-corrected chi connectivity index (χ1v) is 12.0. The summed E-state index contributed by atoms with van der Waals surface area (Å²) in [5.41, 5.74) is 3.27. The third-order valence-corrected chi connectivity index (χ3v) is 6.73. The maximum Gasteiger partial charge on any atom is 0.261 e. The maximum atomic E-state index is 12.7. The van der Waals surface area contributed by atoms with Crippen LogP contribution >= 0.6 is 35.4 Å². The molecule has 0 aromatic heterocycles. The normalized spacial score (nSPS) is 11.0. The summed E-state index contributed by atoms with van der Waals surface area (Å²) in [6.45, 7) is 3.87. The van der Waals surface area contributed by atoms with Crippen LogP contribution in [0.2, 0.25) is 10.0 Å². The lowest BCUT2D eigenvalue weighted by molar-refractivity contribution is 0.0978. The summed E-state index contributed by atoms with van der Waals surface area (Å²) >= 11 is 17.0. The van der Waals surface area contributed by atoms with Crippen molar-refractivity contribution < 1.29 is 13.2 Å². The molecule has 3 rings (SSSR count). The van der Waals surface area contributed by atoms with Gasteiger partial charge < -0.3 is 5.32 Å². The number of rotatable bonds is 5. The van der Waals surface area contributed by atoms with Gasteiger partial charge in [-0.15, -0.1) is 0 Å². The summed E-state index contributed by atoms with van der Waals surface area (Å²) in [5, 5.41) is 5.99. The molecular weight excluding hydrogens is 489 g/mol. The van der Waals surface area contributed by atoms with E-state index in [9.17, 15) is 13.2 Å². The van der Waals surface area contributed by atoms with Gasteiger partial charge in [0.05, 0.1) is 15.5 Å². The number of thiocarbonyl (C=S) groups is 1. The minimum Gasteiger partial charge on any atom is -0.332 e. The highest BCUT2D eigenvalue weighted by atomic mass is 35.5. The molecule has 0 radical (unpaired) electrons. The Morgan fingerprint density at radius 1 is 0.875 bits per heavy atom. The molecule has 1 amide bonds. The van der Waals surface area contributed by atoms with Crippen molar-refractivity contribution in [2.24, 2.45) is 0 Å². The zero-order valence-corrected chi connectivity index (χ0v) is 20.2. The lowest BCUT2D eigenvalue weighted by atomic mass is 10.1. The van der Waals surface area contributed by atoms with E-state index < -0.39 is 15.9 Å². The summed E-state index contributed by atoms with van der Waals surface area (Å²) in [5.74, 6) is -0.499. The predicted molar refractivity (Wildman–Crippen MR) is 133 cm³/mol. The van der Waals surface area contributed by atoms with Crippen LogP contribution in [0.3, 0.4) is 0 Å². The number of carbonyl (C=O) groups excluding carboxylic acids is 1. The minimum absolute atomic E-state index is 0.0323. The smallest absolute Gasteiger partial charge is 0.261 e. The Hall–Kier alpha value is -2.65. The second kappa shape index (κ2) is 9.87. The van der Waals surface area contributed by atoms with Crippen molar-refractivity contribution in [3.63, 3.8) is 0 Å². The van der Waals surface area contributed by atoms with E-state index in [0.717, 1.165) is 11.1 Å². The molecule has 0 saturated heterocycles. The highest BCUT2D eigenvalue weighted by Gasteiger charge is 2.15. The molecule has 0 bridgehead atoms. The van der Waals surface area contributed by atoms with E-state index in [-0.39, 0.29) is 20.6 Å². The van der Waals surface area contributed by atoms with Crippen LogP contribution in [-0.2, 0) is 10.0 Å². The number of carbonyl (C=O) groups is 1. The Labute approximate surface area is 202 Å². The first kappa shape index (κ1) is 24.0. The van der Waals surface area contributed by atoms with Gasteiger partial charge in [-0.1, -0.05) is 29.3 Å². The second-order valence-electron chi connectivity index (χ2n) is 6.96. The van der Waals surface area contributed by atoms with Crippen LogP contribution in [0, 0.1) is 13.8 Å². The topological polar surface area (TPSA) is 87.3 Å². The van der Waals surface area contributed by atoms with Crippen LogP contribution in [-0.4, -0.2) is 19.4 Å². The van der Waals surface area contributed by atoms with Gasteiger partial charge in [-0.25, -0.2) is 8.42 Å². The summed E-state index contributed by atoms with van der Waals surface area (Å²) in [6.07, 6.45) is 0. The molecule has 0 unspecified atom stereocenters. The van der Waals surface area contributed by atoms with Crippen molar-refractivity contribution in [1.29, 1.82) is 0 Å². The Morgan fingerprint density at radius 2 is 1.53 bits per heavy atom. The Kier molecular flexibility index (Phi) is 7.40. The first-order chi connectivity index (χ1) is 15.0. The fourth-order valence-electron chi connectivity index (χ4n) is 2.74. The molecule has 3 aromatic rings. The van der Waals surface area contributed by atoms with Gasteiger partial charge in [-0.3, -0.25) is 14.8 Å². The number of halogens is 2. The Bertz CT molecular complexity index is 1290. The monoisotopic (exact) mass is 507 g/mol. The van der Waals surface area contributed by atoms with Gasteiger partial charge in [0, 0.05) is 16.4 Å². The van der Waals surface area contributed by atoms with Gasteiger partial charge in [0.2, 0.25) is 0 Å². The maximum absolute atomic E-state index is 12.7. The minimum atomic E-state index is -3.76. The van der Waals surface area contributed by atoms with Crippen molar-refractivity contribution in [2.75, 3.05) is 10.0 Å². The number of aryl methyl sites for hydroxylation is 2. The molecule has 0 atom stereocenters. The van der Waals surface area contributed by atoms with E-state index in [0.29, 0.717) is 16.4 Å². The van der Waals surface area contributed by atoms with Crippen molar-refractivity contribution in [2.45, 2.75) is 18.7 Å². The number of hydrogen-bond acceptors (Lipinski definition) is 4. The Balaban J connectivity index is 1.65. The van der Waals surface area contributed by atoms with Crippen LogP contribution in [0.1, 0.15) is 21.5 Å². The molecule has 3 N–H and O–H groups in total. The fraction of sp³-hybridized carbons (Fsp3) is 0.0909. The molecule has 0 fully saturated rings. The highest BCUT2D eigenvalue weighted by molar-refractivity contribution is 7.92. The van der Waals surface area contributed by atoms with Gasteiger partial charge in [0.1, 0.15) is 0 Å². The number of hydrogen-bond donors (Lipinski definition) is 3. The van der Waals surface area contributed by atoms with Crippen LogP contribution in [0.25, 0.3) is 0 Å². The molecule has 32 heavy (non-hydrogen) atoms. The highest BCUT2D eigenvalue weighted by Crippen LogP contribution is 2.22. The molecule has 0 spiro atoms. The quantitative estimate of drug-likeness (QED) is 0.394. The third kappa shape index (κ3) is 5.98. The molecule has 0 aliphatic carbocycles. The number of benzene rings is 3. The van der Waals surface area contributed by atoms with Crippen molar-refractivity contribution >= 4 is 67.8 Å². The summed E-state index contributed by atoms with van der Waals surface area (Å²) < 4.78 is 27.9. The molecule has 10 heteroatoms. The lowest BCUT2D eigenvalue weighted by Crippen LogP contribution is -2.34. The van der Waals surface area contributed by atoms with Gasteiger partial charge in [-0.2, -0.15) is 0 Å². The van der Waals surface area contributed by atoms with E-state index in [2.05, 4.69) is 15.4 Å². The van der Waals surface area contributed by atoms with E-state index in [1.807, 2.05) is 19.9 Å². The lowest BCUT2D eigenvalue weighted by Gasteiger charge is -2.12. The van der Waals surface area contributed by atoms with Crippen molar-refractivity contribution in [3.8, 4) is 0 Å². The Morgan fingerprint density at radius 3 is 2.16 bits per heavy atom. The molecule has 0 aliphatic heterocycles. The van der Waals surface area contributed by atoms with Crippen LogP contribution < -0.4 is 15.4 Å². The standard InChI is InChI=1S/C22H19Cl2N3O3S2/c1-13-3-5-17(11-14(13)2)27-32(29,30)18-8-6-16(7-9-18)25-22(31)26-21(28)19-10-4-15(23)12-20(19)24/h3-12,27H,1-2H3,(H2,25,26,28,31). The zero-order valence-electron chi connectivity index (χ0n) is 17.1. The SMILES string of the molecule is Cc1ccc(NS(=O)(=O)c2ccc(NC(=S)NC(=O)c3ccc(Cl)cc3Cl)cc2)cc1C. The summed E-state index contributed by atoms with van der Waals surface area (Å²) in [6, 6.07) is 15.8. The van der Waals surface area contributed by atoms with E-state index in [4.69, 9.17) is 35.4 Å². The third-order valence-electron chi connectivity index (χ3n) is 4.58. The number of anilines is 2. The zero-order chi connectivity index (χ0) is 23.5. The van der Waals surface area contributed by atoms with Crippen LogP contribution in [0.4, 0.5) is 11.4 Å². The van der Waals surface area contributed by atoms with Gasteiger partial charge in [0.25, 0.3) is 15.9 Å². The molecule has 0 saturated carbocycles. The second-order valence-corrected chi connectivity index (χ2v) is 9.90. The van der Waals surface area contributed by atoms with Gasteiger partial charge >= 0.3 is 0 Å².